The molecule has 5 nitrogen and oxygen atoms in total. The number of fused-ring (bicyclic) bond motifs is 3. The summed E-state index contributed by atoms with van der Waals surface area (Å²) in [5.41, 5.74) is 10.5. The van der Waals surface area contributed by atoms with Crippen molar-refractivity contribution in [2.75, 3.05) is 18.9 Å². The van der Waals surface area contributed by atoms with Crippen molar-refractivity contribution in [1.29, 1.82) is 0 Å². The van der Waals surface area contributed by atoms with E-state index in [1.165, 1.54) is 24.0 Å². The van der Waals surface area contributed by atoms with Crippen LogP contribution in [0.3, 0.4) is 0 Å². The highest BCUT2D eigenvalue weighted by Gasteiger charge is 2.22. The maximum atomic E-state index is 6.10. The third-order valence-corrected chi connectivity index (χ3v) is 4.97. The summed E-state index contributed by atoms with van der Waals surface area (Å²) < 4.78 is 6.10. The molecular weight excluding hydrogens is 300 g/mol. The van der Waals surface area contributed by atoms with Gasteiger partial charge in [-0.1, -0.05) is 30.7 Å². The van der Waals surface area contributed by atoms with E-state index in [9.17, 15) is 0 Å². The zero-order chi connectivity index (χ0) is 16.4. The van der Waals surface area contributed by atoms with Crippen LogP contribution in [0.5, 0.6) is 5.88 Å². The molecule has 1 saturated heterocycles. The van der Waals surface area contributed by atoms with E-state index >= 15 is 0 Å². The Morgan fingerprint density at radius 2 is 2.04 bits per heavy atom. The molecular formula is C19H24N4O. The van der Waals surface area contributed by atoms with Crippen molar-refractivity contribution >= 4 is 5.95 Å². The molecule has 1 aliphatic carbocycles. The lowest BCUT2D eigenvalue weighted by molar-refractivity contribution is 0.230. The Bertz CT molecular complexity index is 725. The molecule has 0 amide bonds. The van der Waals surface area contributed by atoms with Crippen molar-refractivity contribution in [2.45, 2.75) is 44.6 Å². The second-order valence-corrected chi connectivity index (χ2v) is 6.68. The summed E-state index contributed by atoms with van der Waals surface area (Å²) in [5, 5.41) is 3.51. The van der Waals surface area contributed by atoms with Gasteiger partial charge in [0.1, 0.15) is 6.61 Å². The van der Waals surface area contributed by atoms with Crippen LogP contribution in [0.1, 0.15) is 36.8 Å². The molecule has 1 atom stereocenters. The zero-order valence-corrected chi connectivity index (χ0v) is 13.9. The molecule has 1 fully saturated rings. The number of hydrogen-bond donors (Lipinski definition) is 2. The molecule has 5 heteroatoms. The van der Waals surface area contributed by atoms with E-state index in [0.717, 1.165) is 43.5 Å². The Hall–Kier alpha value is -2.14. The predicted molar refractivity (Wildman–Crippen MR) is 95.0 cm³/mol. The maximum absolute atomic E-state index is 6.10. The highest BCUT2D eigenvalue weighted by atomic mass is 16.5. The zero-order valence-electron chi connectivity index (χ0n) is 13.9. The van der Waals surface area contributed by atoms with Gasteiger partial charge in [-0.25, -0.2) is 4.98 Å². The van der Waals surface area contributed by atoms with E-state index in [4.69, 9.17) is 10.5 Å². The van der Waals surface area contributed by atoms with Crippen molar-refractivity contribution in [2.24, 2.45) is 0 Å². The number of nitrogens with zero attached hydrogens (tertiary/aromatic N) is 2. The average Bonchev–Trinajstić information content (AvgIpc) is 2.80. The molecule has 3 N–H and O–H groups in total. The fourth-order valence-corrected chi connectivity index (χ4v) is 3.72. The van der Waals surface area contributed by atoms with Crippen molar-refractivity contribution in [3.63, 3.8) is 0 Å². The quantitative estimate of drug-likeness (QED) is 0.908. The standard InChI is InChI=1S/C19H24N4O/c20-19-22-17-15-9-2-1-6-13(15)7-5-10-16(17)18(23-19)24-12-14-8-3-4-11-21-14/h1-2,6,9,14,21H,3-5,7-8,10-12H2,(H2,20,22,23)/t14-/m0/s1. The van der Waals surface area contributed by atoms with Gasteiger partial charge >= 0.3 is 0 Å². The molecule has 0 bridgehead atoms. The normalized spacial score (nSPS) is 19.9. The minimum atomic E-state index is 0.289. The third kappa shape index (κ3) is 3.08. The summed E-state index contributed by atoms with van der Waals surface area (Å²) in [6.07, 6.45) is 6.73. The van der Waals surface area contributed by atoms with Gasteiger partial charge in [0.25, 0.3) is 0 Å². The summed E-state index contributed by atoms with van der Waals surface area (Å²) in [6.45, 7) is 1.72. The summed E-state index contributed by atoms with van der Waals surface area (Å²) in [7, 11) is 0. The van der Waals surface area contributed by atoms with Crippen LogP contribution in [0.4, 0.5) is 5.95 Å². The monoisotopic (exact) mass is 324 g/mol. The van der Waals surface area contributed by atoms with Crippen molar-refractivity contribution in [3.05, 3.63) is 35.4 Å². The van der Waals surface area contributed by atoms with Crippen LogP contribution in [-0.4, -0.2) is 29.2 Å². The number of aromatic nitrogens is 2. The van der Waals surface area contributed by atoms with E-state index in [0.29, 0.717) is 18.5 Å². The van der Waals surface area contributed by atoms with Crippen LogP contribution in [0, 0.1) is 0 Å². The average molecular weight is 324 g/mol. The van der Waals surface area contributed by atoms with Gasteiger partial charge in [-0.05, 0) is 44.2 Å². The van der Waals surface area contributed by atoms with Gasteiger partial charge in [0, 0.05) is 17.2 Å². The first-order valence-corrected chi connectivity index (χ1v) is 8.92. The van der Waals surface area contributed by atoms with E-state index in [1.54, 1.807) is 0 Å². The lowest BCUT2D eigenvalue weighted by atomic mass is 10.0. The van der Waals surface area contributed by atoms with E-state index < -0.39 is 0 Å². The molecule has 0 radical (unpaired) electrons. The molecule has 2 aliphatic rings. The summed E-state index contributed by atoms with van der Waals surface area (Å²) in [4.78, 5) is 8.94. The Labute approximate surface area is 142 Å². The maximum Gasteiger partial charge on any atom is 0.223 e. The van der Waals surface area contributed by atoms with E-state index in [2.05, 4.69) is 39.6 Å². The first-order valence-electron chi connectivity index (χ1n) is 8.92. The van der Waals surface area contributed by atoms with Crippen LogP contribution in [0.25, 0.3) is 11.3 Å². The first-order chi connectivity index (χ1) is 11.8. The van der Waals surface area contributed by atoms with Crippen molar-refractivity contribution in [3.8, 4) is 17.1 Å². The third-order valence-electron chi connectivity index (χ3n) is 4.97. The topological polar surface area (TPSA) is 73.1 Å². The number of benzene rings is 1. The summed E-state index contributed by atoms with van der Waals surface area (Å²) in [6, 6.07) is 8.84. The minimum Gasteiger partial charge on any atom is -0.476 e. The minimum absolute atomic E-state index is 0.289. The SMILES string of the molecule is Nc1nc(OC[C@@H]2CCCCN2)c2c(n1)-c1ccccc1CCC2. The predicted octanol–water partition coefficient (Wildman–Crippen LogP) is 2.74. The summed E-state index contributed by atoms with van der Waals surface area (Å²) >= 11 is 0. The van der Waals surface area contributed by atoms with Gasteiger partial charge in [0.15, 0.2) is 0 Å². The number of rotatable bonds is 3. The molecule has 1 aromatic carbocycles. The smallest absolute Gasteiger partial charge is 0.223 e. The number of nitrogens with two attached hydrogens (primary N) is 1. The van der Waals surface area contributed by atoms with Crippen LogP contribution in [0.15, 0.2) is 24.3 Å². The van der Waals surface area contributed by atoms with Gasteiger partial charge in [-0.2, -0.15) is 4.98 Å². The lowest BCUT2D eigenvalue weighted by Gasteiger charge is -2.24. The van der Waals surface area contributed by atoms with Crippen LogP contribution < -0.4 is 15.8 Å². The Kier molecular flexibility index (Phi) is 4.34. The number of anilines is 1. The van der Waals surface area contributed by atoms with Gasteiger partial charge in [0.05, 0.1) is 5.69 Å². The Morgan fingerprint density at radius 1 is 1.12 bits per heavy atom. The molecule has 24 heavy (non-hydrogen) atoms. The molecule has 126 valence electrons. The first kappa shape index (κ1) is 15.4. The number of hydrogen-bond acceptors (Lipinski definition) is 5. The highest BCUT2D eigenvalue weighted by molar-refractivity contribution is 5.70. The van der Waals surface area contributed by atoms with Crippen LogP contribution in [-0.2, 0) is 12.8 Å². The molecule has 2 aromatic rings. The number of nitrogens with one attached hydrogen (secondary N) is 1. The number of aryl methyl sites for hydroxylation is 1. The molecule has 0 saturated carbocycles. The van der Waals surface area contributed by atoms with Crippen molar-refractivity contribution < 1.29 is 4.74 Å². The van der Waals surface area contributed by atoms with E-state index in [1.807, 2.05) is 0 Å². The second kappa shape index (κ2) is 6.77. The molecule has 2 heterocycles. The van der Waals surface area contributed by atoms with Gasteiger partial charge < -0.3 is 15.8 Å². The van der Waals surface area contributed by atoms with Crippen LogP contribution >= 0.6 is 0 Å². The largest absolute Gasteiger partial charge is 0.476 e. The number of ether oxygens (including phenoxy) is 1. The molecule has 0 unspecified atom stereocenters. The molecule has 1 aromatic heterocycles. The Balaban J connectivity index is 1.65. The molecule has 4 rings (SSSR count). The molecule has 1 aliphatic heterocycles. The number of piperidine rings is 1. The lowest BCUT2D eigenvalue weighted by Crippen LogP contribution is -2.38. The Morgan fingerprint density at radius 3 is 2.92 bits per heavy atom. The van der Waals surface area contributed by atoms with Crippen molar-refractivity contribution in [1.82, 2.24) is 15.3 Å². The number of nitrogen functional groups attached to an aromatic ring is 1. The van der Waals surface area contributed by atoms with Gasteiger partial charge in [-0.3, -0.25) is 0 Å². The van der Waals surface area contributed by atoms with E-state index in [-0.39, 0.29) is 5.95 Å². The van der Waals surface area contributed by atoms with Gasteiger partial charge in [-0.15, -0.1) is 0 Å². The molecule has 0 spiro atoms. The van der Waals surface area contributed by atoms with Crippen LogP contribution in [0.2, 0.25) is 0 Å². The second-order valence-electron chi connectivity index (χ2n) is 6.68. The summed E-state index contributed by atoms with van der Waals surface area (Å²) in [5.74, 6) is 0.957. The van der Waals surface area contributed by atoms with Gasteiger partial charge in [0.2, 0.25) is 11.8 Å². The fraction of sp³-hybridized carbons (Fsp3) is 0.474. The highest BCUT2D eigenvalue weighted by Crippen LogP contribution is 2.35. The fourth-order valence-electron chi connectivity index (χ4n) is 3.72.